The van der Waals surface area contributed by atoms with Crippen molar-refractivity contribution >= 4 is 6.29 Å². The molecule has 0 fully saturated rings. The fourth-order valence-electron chi connectivity index (χ4n) is 1.03. The summed E-state index contributed by atoms with van der Waals surface area (Å²) in [4.78, 5) is 10.8. The van der Waals surface area contributed by atoms with E-state index in [2.05, 4.69) is 6.58 Å². The summed E-state index contributed by atoms with van der Waals surface area (Å²) in [6.45, 7) is 5.50. The zero-order valence-corrected chi connectivity index (χ0v) is 7.16. The molecule has 1 heteroatoms. The smallest absolute Gasteiger partial charge is 0.134 e. The van der Waals surface area contributed by atoms with Crippen molar-refractivity contribution in [2.24, 2.45) is 0 Å². The third kappa shape index (κ3) is 1.45. The molecule has 0 bridgehead atoms. The molecule has 0 N–H and O–H groups in total. The van der Waals surface area contributed by atoms with Gasteiger partial charge < -0.3 is 4.79 Å². The minimum Gasteiger partial charge on any atom is -0.302 e. The van der Waals surface area contributed by atoms with E-state index in [4.69, 9.17) is 0 Å². The van der Waals surface area contributed by atoms with Gasteiger partial charge >= 0.3 is 0 Å². The molecule has 1 nitrogen and oxygen atoms in total. The minimum atomic E-state index is -0.540. The predicted octanol–water partition coefficient (Wildman–Crippen LogP) is 2.33. The molecule has 1 atom stereocenters. The van der Waals surface area contributed by atoms with Gasteiger partial charge in [0.1, 0.15) is 6.29 Å². The molecule has 0 aromatic heterocycles. The van der Waals surface area contributed by atoms with Crippen molar-refractivity contribution < 1.29 is 4.79 Å². The van der Waals surface area contributed by atoms with Gasteiger partial charge in [0.2, 0.25) is 0 Å². The molecule has 1 aromatic carbocycles. The van der Waals surface area contributed by atoms with E-state index in [9.17, 15) is 4.79 Å². The lowest BCUT2D eigenvalue weighted by atomic mass is 9.84. The van der Waals surface area contributed by atoms with Crippen molar-refractivity contribution in [3.63, 3.8) is 0 Å². The first kappa shape index (κ1) is 8.72. The number of hydrogen-bond acceptors (Lipinski definition) is 1. The summed E-state index contributed by atoms with van der Waals surface area (Å²) in [6.07, 6.45) is 2.57. The third-order valence-corrected chi connectivity index (χ3v) is 2.06. The van der Waals surface area contributed by atoms with Gasteiger partial charge in [0.15, 0.2) is 0 Å². The molecule has 62 valence electrons. The summed E-state index contributed by atoms with van der Waals surface area (Å²) in [6, 6.07) is 9.62. The lowest BCUT2D eigenvalue weighted by Crippen LogP contribution is -2.19. The van der Waals surface area contributed by atoms with Crippen molar-refractivity contribution in [3.05, 3.63) is 48.6 Å². The SMILES string of the molecule is C=C[C@](C)(C=O)c1ccccc1. The Morgan fingerprint density at radius 2 is 1.92 bits per heavy atom. The second-order valence-electron chi connectivity index (χ2n) is 2.97. The highest BCUT2D eigenvalue weighted by molar-refractivity contribution is 5.71. The Hall–Kier alpha value is -1.37. The molecule has 1 rings (SSSR count). The molecule has 0 aliphatic rings. The van der Waals surface area contributed by atoms with Crippen LogP contribution in [-0.4, -0.2) is 6.29 Å². The van der Waals surface area contributed by atoms with Gasteiger partial charge in [-0.15, -0.1) is 6.58 Å². The van der Waals surface area contributed by atoms with Crippen LogP contribution in [0.15, 0.2) is 43.0 Å². The Kier molecular flexibility index (Phi) is 2.44. The zero-order chi connectivity index (χ0) is 9.03. The highest BCUT2D eigenvalue weighted by Crippen LogP contribution is 2.21. The Balaban J connectivity index is 3.11. The molecule has 1 aromatic rings. The van der Waals surface area contributed by atoms with Gasteiger partial charge in [0, 0.05) is 0 Å². The third-order valence-electron chi connectivity index (χ3n) is 2.06. The summed E-state index contributed by atoms with van der Waals surface area (Å²) >= 11 is 0. The molecule has 0 spiro atoms. The average molecular weight is 160 g/mol. The number of benzene rings is 1. The molecular weight excluding hydrogens is 148 g/mol. The largest absolute Gasteiger partial charge is 0.302 e. The predicted molar refractivity (Wildman–Crippen MR) is 50.1 cm³/mol. The van der Waals surface area contributed by atoms with E-state index < -0.39 is 5.41 Å². The summed E-state index contributed by atoms with van der Waals surface area (Å²) < 4.78 is 0. The van der Waals surface area contributed by atoms with E-state index in [-0.39, 0.29) is 0 Å². The standard InChI is InChI=1S/C11H12O/c1-3-11(2,9-12)10-7-5-4-6-8-10/h3-9H,1H2,2H3/t11-/m1/s1. The Morgan fingerprint density at radius 1 is 1.33 bits per heavy atom. The molecule has 0 unspecified atom stereocenters. The number of carbonyl (C=O) groups excluding carboxylic acids is 1. The monoisotopic (exact) mass is 160 g/mol. The van der Waals surface area contributed by atoms with E-state index in [1.54, 1.807) is 6.08 Å². The van der Waals surface area contributed by atoms with Crippen molar-refractivity contribution in [1.29, 1.82) is 0 Å². The first-order valence-electron chi connectivity index (χ1n) is 3.88. The maximum atomic E-state index is 10.8. The first-order chi connectivity index (χ1) is 5.73. The van der Waals surface area contributed by atoms with E-state index in [0.29, 0.717) is 0 Å². The zero-order valence-electron chi connectivity index (χ0n) is 7.16. The maximum Gasteiger partial charge on any atom is 0.134 e. The summed E-state index contributed by atoms with van der Waals surface area (Å²) in [5.74, 6) is 0. The lowest BCUT2D eigenvalue weighted by molar-refractivity contribution is -0.110. The molecule has 12 heavy (non-hydrogen) atoms. The highest BCUT2D eigenvalue weighted by Gasteiger charge is 2.20. The molecule has 0 aliphatic carbocycles. The van der Waals surface area contributed by atoms with Crippen LogP contribution < -0.4 is 0 Å². The van der Waals surface area contributed by atoms with Gasteiger partial charge in [-0.2, -0.15) is 0 Å². The Labute approximate surface area is 72.7 Å². The van der Waals surface area contributed by atoms with E-state index in [1.807, 2.05) is 37.3 Å². The van der Waals surface area contributed by atoms with Crippen molar-refractivity contribution in [2.75, 3.05) is 0 Å². The van der Waals surface area contributed by atoms with Gasteiger partial charge in [-0.1, -0.05) is 36.4 Å². The van der Waals surface area contributed by atoms with Crippen LogP contribution in [0.25, 0.3) is 0 Å². The highest BCUT2D eigenvalue weighted by atomic mass is 16.1. The number of hydrogen-bond donors (Lipinski definition) is 0. The molecule has 0 saturated heterocycles. The second-order valence-corrected chi connectivity index (χ2v) is 2.97. The van der Waals surface area contributed by atoms with Crippen LogP contribution in [0.5, 0.6) is 0 Å². The van der Waals surface area contributed by atoms with Gasteiger partial charge in [0.05, 0.1) is 5.41 Å². The average Bonchev–Trinajstić information content (AvgIpc) is 2.18. The first-order valence-corrected chi connectivity index (χ1v) is 3.88. The Morgan fingerprint density at radius 3 is 2.33 bits per heavy atom. The second kappa shape index (κ2) is 3.35. The normalized spacial score (nSPS) is 14.8. The molecular formula is C11H12O. The van der Waals surface area contributed by atoms with Gasteiger partial charge in [0.25, 0.3) is 0 Å². The van der Waals surface area contributed by atoms with Crippen LogP contribution in [0.2, 0.25) is 0 Å². The number of rotatable bonds is 3. The number of carbonyl (C=O) groups is 1. The number of allylic oxidation sites excluding steroid dienone is 1. The van der Waals surface area contributed by atoms with E-state index in [0.717, 1.165) is 11.8 Å². The quantitative estimate of drug-likeness (QED) is 0.490. The van der Waals surface area contributed by atoms with Crippen LogP contribution in [0.1, 0.15) is 12.5 Å². The van der Waals surface area contributed by atoms with E-state index >= 15 is 0 Å². The van der Waals surface area contributed by atoms with Crippen LogP contribution >= 0.6 is 0 Å². The molecule has 0 amide bonds. The summed E-state index contributed by atoms with van der Waals surface area (Å²) in [7, 11) is 0. The van der Waals surface area contributed by atoms with E-state index in [1.165, 1.54) is 0 Å². The van der Waals surface area contributed by atoms with Gasteiger partial charge in [-0.3, -0.25) is 0 Å². The van der Waals surface area contributed by atoms with Crippen molar-refractivity contribution in [3.8, 4) is 0 Å². The fourth-order valence-corrected chi connectivity index (χ4v) is 1.03. The molecule has 0 aliphatic heterocycles. The molecule has 0 heterocycles. The fraction of sp³-hybridized carbons (Fsp3) is 0.182. The lowest BCUT2D eigenvalue weighted by Gasteiger charge is -2.17. The molecule has 0 radical (unpaired) electrons. The summed E-state index contributed by atoms with van der Waals surface area (Å²) in [5, 5.41) is 0. The van der Waals surface area contributed by atoms with Gasteiger partial charge in [-0.25, -0.2) is 0 Å². The van der Waals surface area contributed by atoms with Crippen LogP contribution in [0, 0.1) is 0 Å². The van der Waals surface area contributed by atoms with Gasteiger partial charge in [-0.05, 0) is 12.5 Å². The van der Waals surface area contributed by atoms with Crippen molar-refractivity contribution in [1.82, 2.24) is 0 Å². The molecule has 0 saturated carbocycles. The van der Waals surface area contributed by atoms with Crippen molar-refractivity contribution in [2.45, 2.75) is 12.3 Å². The topological polar surface area (TPSA) is 17.1 Å². The maximum absolute atomic E-state index is 10.8. The Bertz CT molecular complexity index is 266. The minimum absolute atomic E-state index is 0.540. The van der Waals surface area contributed by atoms with Crippen LogP contribution in [-0.2, 0) is 10.2 Å². The number of aldehydes is 1. The van der Waals surface area contributed by atoms with Crippen LogP contribution in [0.4, 0.5) is 0 Å². The summed E-state index contributed by atoms with van der Waals surface area (Å²) in [5.41, 5.74) is 0.441. The van der Waals surface area contributed by atoms with Crippen LogP contribution in [0.3, 0.4) is 0 Å².